The number of carbonyl (C=O) groups is 7. The Morgan fingerprint density at radius 3 is 2.02 bits per heavy atom. The summed E-state index contributed by atoms with van der Waals surface area (Å²) in [4.78, 5) is 84.4. The van der Waals surface area contributed by atoms with Crippen molar-refractivity contribution in [1.29, 1.82) is 0 Å². The van der Waals surface area contributed by atoms with E-state index in [2.05, 4.69) is 4.74 Å². The molecule has 1 amide bonds. The molecule has 43 heavy (non-hydrogen) atoms. The SMILES string of the molecule is CC(=O)c1cc(O)ccc1CC(N)C(=O)OC(N)(C(=O)OCC(N)C(=O)OC(N)(CC(N)=O)C(=O)OCC(=O)Cl)C(C)C. The largest absolute Gasteiger partial charge is 0.508 e. The highest BCUT2D eigenvalue weighted by atomic mass is 35.5. The highest BCUT2D eigenvalue weighted by molar-refractivity contribution is 6.64. The van der Waals surface area contributed by atoms with Crippen LogP contribution in [0.4, 0.5) is 0 Å². The van der Waals surface area contributed by atoms with Gasteiger partial charge in [0.1, 0.15) is 24.4 Å². The van der Waals surface area contributed by atoms with Gasteiger partial charge < -0.3 is 41.3 Å². The Bertz CT molecular complexity index is 1280. The van der Waals surface area contributed by atoms with Crippen molar-refractivity contribution >= 4 is 52.4 Å². The maximum atomic E-state index is 12.9. The number of ketones is 1. The average Bonchev–Trinajstić information content (AvgIpc) is 2.89. The first-order valence-electron chi connectivity index (χ1n) is 12.4. The maximum absolute atomic E-state index is 12.9. The molecule has 0 saturated heterocycles. The third-order valence-electron chi connectivity index (χ3n) is 5.74. The number of Topliss-reactive ketones (excluding diaryl/α,β-unsaturated/α-hetero) is 1. The van der Waals surface area contributed by atoms with Gasteiger partial charge in [0.2, 0.25) is 5.91 Å². The van der Waals surface area contributed by atoms with Crippen molar-refractivity contribution in [3.8, 4) is 5.75 Å². The van der Waals surface area contributed by atoms with Gasteiger partial charge in [0.25, 0.3) is 16.7 Å². The minimum Gasteiger partial charge on any atom is -0.508 e. The summed E-state index contributed by atoms with van der Waals surface area (Å²) in [6.45, 7) is 2.16. The molecular weight excluding hydrogens is 598 g/mol. The van der Waals surface area contributed by atoms with Crippen molar-refractivity contribution in [2.75, 3.05) is 13.2 Å². The van der Waals surface area contributed by atoms with Crippen LogP contribution in [0, 0.1) is 5.92 Å². The van der Waals surface area contributed by atoms with Crippen LogP contribution < -0.4 is 28.7 Å². The summed E-state index contributed by atoms with van der Waals surface area (Å²) >= 11 is 5.08. The number of benzene rings is 1. The van der Waals surface area contributed by atoms with Crippen molar-refractivity contribution in [3.05, 3.63) is 29.3 Å². The quantitative estimate of drug-likeness (QED) is 0.0363. The molecule has 0 aromatic heterocycles. The first kappa shape index (κ1) is 36.9. The summed E-state index contributed by atoms with van der Waals surface area (Å²) in [5, 5.41) is 8.53. The number of hydrogen-bond acceptors (Lipinski definition) is 16. The fraction of sp³-hybridized carbons (Fsp3) is 0.480. The molecule has 4 atom stereocenters. The predicted molar refractivity (Wildman–Crippen MR) is 145 cm³/mol. The van der Waals surface area contributed by atoms with Crippen LogP contribution in [0.3, 0.4) is 0 Å². The second kappa shape index (κ2) is 15.4. The molecule has 0 spiro atoms. The van der Waals surface area contributed by atoms with E-state index in [0.29, 0.717) is 5.56 Å². The standard InChI is InChI=1S/C25H34ClN5O12/c1-11(2)25(31,43-20(36)16(27)6-13-4-5-14(33)7-15(13)12(3)32)23(39)40-9-17(28)21(37)42-24(30,8-19(29)35)22(38)41-10-18(26)34/h4-5,7,11,16-17,33H,6,8-10,27-28,30-31H2,1-3H3,(H2,29,35). The molecule has 0 aliphatic rings. The summed E-state index contributed by atoms with van der Waals surface area (Å²) in [5.74, 6) is -8.20. The number of phenolic OH excluding ortho intramolecular Hbond substituents is 1. The van der Waals surface area contributed by atoms with Gasteiger partial charge in [-0.2, -0.15) is 0 Å². The number of esters is 4. The topological polar surface area (TPSA) is 307 Å². The lowest BCUT2D eigenvalue weighted by Gasteiger charge is -2.32. The Kier molecular flexibility index (Phi) is 13.2. The fourth-order valence-corrected chi connectivity index (χ4v) is 3.34. The lowest BCUT2D eigenvalue weighted by atomic mass is 9.97. The monoisotopic (exact) mass is 631 g/mol. The molecule has 4 unspecified atom stereocenters. The molecule has 11 N–H and O–H groups in total. The molecule has 0 fully saturated rings. The molecule has 0 radical (unpaired) electrons. The molecule has 0 bridgehead atoms. The summed E-state index contributed by atoms with van der Waals surface area (Å²) in [7, 11) is 0. The number of aromatic hydroxyl groups is 1. The Balaban J connectivity index is 2.95. The van der Waals surface area contributed by atoms with Crippen LogP contribution in [0.2, 0.25) is 0 Å². The highest BCUT2D eigenvalue weighted by Crippen LogP contribution is 2.22. The van der Waals surface area contributed by atoms with Gasteiger partial charge in [-0.15, -0.1) is 0 Å². The van der Waals surface area contributed by atoms with Crippen LogP contribution in [-0.2, 0) is 54.1 Å². The number of halogens is 1. The van der Waals surface area contributed by atoms with E-state index in [4.69, 9.17) is 54.5 Å². The average molecular weight is 632 g/mol. The van der Waals surface area contributed by atoms with E-state index in [-0.39, 0.29) is 17.7 Å². The molecule has 0 heterocycles. The zero-order valence-corrected chi connectivity index (χ0v) is 24.3. The Hall–Kier alpha value is -4.16. The minimum absolute atomic E-state index is 0.115. The number of primary amides is 1. The van der Waals surface area contributed by atoms with Crippen molar-refractivity contribution in [2.45, 2.75) is 57.1 Å². The molecule has 0 aliphatic heterocycles. The number of carbonyl (C=O) groups excluding carboxylic acids is 7. The summed E-state index contributed by atoms with van der Waals surface area (Å²) in [6.07, 6.45) is -1.30. The smallest absolute Gasteiger partial charge is 0.367 e. The zero-order valence-electron chi connectivity index (χ0n) is 23.5. The Morgan fingerprint density at radius 1 is 0.930 bits per heavy atom. The number of ether oxygens (including phenoxy) is 4. The van der Waals surface area contributed by atoms with Crippen LogP contribution in [0.15, 0.2) is 18.2 Å². The summed E-state index contributed by atoms with van der Waals surface area (Å²) in [6, 6.07) is 0.652. The van der Waals surface area contributed by atoms with Crippen molar-refractivity contribution in [1.82, 2.24) is 0 Å². The molecule has 18 heteroatoms. The Labute approximate surface area is 250 Å². The normalized spacial score (nSPS) is 15.2. The Morgan fingerprint density at radius 2 is 1.51 bits per heavy atom. The van der Waals surface area contributed by atoms with Crippen LogP contribution in [0.25, 0.3) is 0 Å². The van der Waals surface area contributed by atoms with E-state index in [1.54, 1.807) is 0 Å². The van der Waals surface area contributed by atoms with E-state index in [0.717, 1.165) is 0 Å². The molecule has 17 nitrogen and oxygen atoms in total. The van der Waals surface area contributed by atoms with Gasteiger partial charge in [-0.05, 0) is 42.6 Å². The van der Waals surface area contributed by atoms with Crippen LogP contribution in [-0.4, -0.2) is 82.7 Å². The lowest BCUT2D eigenvalue weighted by Crippen LogP contribution is -2.59. The van der Waals surface area contributed by atoms with Crippen LogP contribution >= 0.6 is 11.6 Å². The maximum Gasteiger partial charge on any atom is 0.367 e. The summed E-state index contributed by atoms with van der Waals surface area (Å²) < 4.78 is 19.4. The molecular formula is C25H34ClN5O12. The molecule has 238 valence electrons. The van der Waals surface area contributed by atoms with Crippen LogP contribution in [0.1, 0.15) is 43.1 Å². The second-order valence-electron chi connectivity index (χ2n) is 9.67. The third kappa shape index (κ3) is 10.6. The number of hydrogen-bond donors (Lipinski definition) is 6. The number of rotatable bonds is 16. The first-order chi connectivity index (χ1) is 19.7. The zero-order chi connectivity index (χ0) is 33.3. The van der Waals surface area contributed by atoms with E-state index < -0.39 is 89.9 Å². The summed E-state index contributed by atoms with van der Waals surface area (Å²) in [5.41, 5.74) is 23.5. The number of nitrogens with two attached hydrogens (primary N) is 5. The fourth-order valence-electron chi connectivity index (χ4n) is 3.28. The van der Waals surface area contributed by atoms with Crippen molar-refractivity contribution < 1.29 is 57.6 Å². The van der Waals surface area contributed by atoms with Gasteiger partial charge >= 0.3 is 23.9 Å². The first-order valence-corrected chi connectivity index (χ1v) is 12.8. The molecule has 1 rings (SSSR count). The van der Waals surface area contributed by atoms with Gasteiger partial charge in [0, 0.05) is 11.5 Å². The van der Waals surface area contributed by atoms with E-state index in [1.165, 1.54) is 39.0 Å². The van der Waals surface area contributed by atoms with Gasteiger partial charge in [0.15, 0.2) is 12.4 Å². The van der Waals surface area contributed by atoms with E-state index in [1.807, 2.05) is 0 Å². The lowest BCUT2D eigenvalue weighted by molar-refractivity contribution is -0.192. The van der Waals surface area contributed by atoms with Gasteiger partial charge in [0.05, 0.1) is 6.42 Å². The predicted octanol–water partition coefficient (Wildman–Crippen LogP) is -2.43. The highest BCUT2D eigenvalue weighted by Gasteiger charge is 2.46. The molecule has 1 aromatic rings. The third-order valence-corrected chi connectivity index (χ3v) is 5.85. The van der Waals surface area contributed by atoms with Crippen molar-refractivity contribution in [2.24, 2.45) is 34.6 Å². The van der Waals surface area contributed by atoms with Gasteiger partial charge in [-0.25, -0.2) is 9.59 Å². The number of phenols is 1. The molecule has 1 aromatic carbocycles. The second-order valence-corrected chi connectivity index (χ2v) is 10.1. The van der Waals surface area contributed by atoms with Gasteiger partial charge in [-0.3, -0.25) is 35.4 Å². The minimum atomic E-state index is -2.81. The molecule has 0 saturated carbocycles. The van der Waals surface area contributed by atoms with Gasteiger partial charge in [-0.1, -0.05) is 19.9 Å². The van der Waals surface area contributed by atoms with E-state index >= 15 is 0 Å². The van der Waals surface area contributed by atoms with Crippen molar-refractivity contribution in [3.63, 3.8) is 0 Å². The van der Waals surface area contributed by atoms with E-state index in [9.17, 15) is 38.7 Å². The van der Waals surface area contributed by atoms with Crippen LogP contribution in [0.5, 0.6) is 5.75 Å². The molecule has 0 aliphatic carbocycles. The number of amides is 1.